The highest BCUT2D eigenvalue weighted by molar-refractivity contribution is 6.31. The van der Waals surface area contributed by atoms with Gasteiger partial charge in [0.25, 0.3) is 5.91 Å². The fraction of sp³-hybridized carbons (Fsp3) is 0.296. The van der Waals surface area contributed by atoms with Crippen molar-refractivity contribution in [2.45, 2.75) is 6.18 Å². The van der Waals surface area contributed by atoms with Crippen LogP contribution in [0.2, 0.25) is 5.02 Å². The fourth-order valence-corrected chi connectivity index (χ4v) is 4.14. The first-order valence-electron chi connectivity index (χ1n) is 12.5. The van der Waals surface area contributed by atoms with Crippen LogP contribution >= 0.6 is 11.6 Å². The van der Waals surface area contributed by atoms with Gasteiger partial charge in [0.1, 0.15) is 29.5 Å². The number of hydrogen-bond donors (Lipinski definition) is 3. The summed E-state index contributed by atoms with van der Waals surface area (Å²) in [5.41, 5.74) is -0.866. The van der Waals surface area contributed by atoms with E-state index in [0.717, 1.165) is 12.1 Å². The Bertz CT molecular complexity index is 1390. The number of aromatic nitrogens is 1. The van der Waals surface area contributed by atoms with Crippen molar-refractivity contribution in [3.63, 3.8) is 0 Å². The van der Waals surface area contributed by atoms with Crippen molar-refractivity contribution < 1.29 is 37.0 Å². The highest BCUT2D eigenvalue weighted by Gasteiger charge is 2.34. The van der Waals surface area contributed by atoms with Gasteiger partial charge < -0.3 is 30.2 Å². The summed E-state index contributed by atoms with van der Waals surface area (Å²) in [5.74, 6) is 0.269. The first kappa shape index (κ1) is 29.9. The molecule has 1 aromatic heterocycles. The van der Waals surface area contributed by atoms with E-state index in [2.05, 4.69) is 25.8 Å². The van der Waals surface area contributed by atoms with Crippen molar-refractivity contribution in [2.75, 3.05) is 57.1 Å². The zero-order chi connectivity index (χ0) is 29.4. The molecule has 3 amide bonds. The number of rotatable bonds is 9. The smallest absolute Gasteiger partial charge is 0.417 e. The van der Waals surface area contributed by atoms with Gasteiger partial charge in [-0.25, -0.2) is 4.79 Å². The van der Waals surface area contributed by atoms with E-state index in [1.165, 1.54) is 25.4 Å². The first-order valence-corrected chi connectivity index (χ1v) is 12.9. The zero-order valence-corrected chi connectivity index (χ0v) is 22.6. The highest BCUT2D eigenvalue weighted by Crippen LogP contribution is 2.40. The number of nitrogens with zero attached hydrogens (tertiary/aromatic N) is 2. The molecule has 0 saturated carbocycles. The molecule has 0 unspecified atom stereocenters. The minimum atomic E-state index is -4.74. The molecule has 1 fully saturated rings. The maximum Gasteiger partial charge on any atom is 0.417 e. The quantitative estimate of drug-likeness (QED) is 0.310. The summed E-state index contributed by atoms with van der Waals surface area (Å²) in [5, 5.41) is 6.91. The number of halogens is 4. The third-order valence-corrected chi connectivity index (χ3v) is 6.22. The number of nitrogens with one attached hydrogen (secondary N) is 3. The Morgan fingerprint density at radius 1 is 1.07 bits per heavy atom. The van der Waals surface area contributed by atoms with E-state index in [0.29, 0.717) is 50.0 Å². The Morgan fingerprint density at radius 3 is 2.56 bits per heavy atom. The normalized spacial score (nSPS) is 13.8. The van der Waals surface area contributed by atoms with Crippen molar-refractivity contribution in [3.8, 4) is 17.2 Å². The average Bonchev–Trinajstić information content (AvgIpc) is 2.94. The molecule has 14 heteroatoms. The molecular weight excluding hydrogens is 567 g/mol. The van der Waals surface area contributed by atoms with Crippen LogP contribution in [-0.2, 0) is 10.9 Å². The van der Waals surface area contributed by atoms with Gasteiger partial charge in [-0.3, -0.25) is 14.7 Å². The molecule has 1 saturated heterocycles. The number of pyridine rings is 1. The average molecular weight is 594 g/mol. The number of alkyl halides is 3. The predicted octanol–water partition coefficient (Wildman–Crippen LogP) is 5.26. The number of carbonyl (C=O) groups excluding carboxylic acids is 2. The summed E-state index contributed by atoms with van der Waals surface area (Å²) in [6, 6.07) is 10.3. The van der Waals surface area contributed by atoms with Crippen LogP contribution in [0.4, 0.5) is 29.3 Å². The van der Waals surface area contributed by atoms with E-state index in [-0.39, 0.29) is 29.6 Å². The molecule has 0 spiro atoms. The molecule has 10 nitrogen and oxygen atoms in total. The second-order valence-corrected chi connectivity index (χ2v) is 9.20. The van der Waals surface area contributed by atoms with Crippen LogP contribution in [-0.4, -0.2) is 68.3 Å². The van der Waals surface area contributed by atoms with Crippen molar-refractivity contribution in [2.24, 2.45) is 0 Å². The summed E-state index contributed by atoms with van der Waals surface area (Å²) in [6.45, 7) is 3.28. The Morgan fingerprint density at radius 2 is 1.83 bits per heavy atom. The van der Waals surface area contributed by atoms with Gasteiger partial charge in [-0.15, -0.1) is 0 Å². The number of benzene rings is 2. The van der Waals surface area contributed by atoms with Crippen molar-refractivity contribution in [1.82, 2.24) is 15.2 Å². The summed E-state index contributed by atoms with van der Waals surface area (Å²) < 4.78 is 57.4. The molecule has 0 radical (unpaired) electrons. The van der Waals surface area contributed by atoms with Gasteiger partial charge in [0.15, 0.2) is 0 Å². The van der Waals surface area contributed by atoms with Crippen LogP contribution in [0.3, 0.4) is 0 Å². The monoisotopic (exact) mass is 593 g/mol. The van der Waals surface area contributed by atoms with Crippen molar-refractivity contribution >= 4 is 34.9 Å². The molecule has 2 aromatic carbocycles. The Hall–Kier alpha value is -4.07. The second-order valence-electron chi connectivity index (χ2n) is 8.79. The number of hydrogen-bond acceptors (Lipinski definition) is 7. The predicted molar refractivity (Wildman–Crippen MR) is 146 cm³/mol. The van der Waals surface area contributed by atoms with Crippen LogP contribution in [0.5, 0.6) is 17.2 Å². The van der Waals surface area contributed by atoms with Gasteiger partial charge in [0.2, 0.25) is 0 Å². The van der Waals surface area contributed by atoms with Gasteiger partial charge in [0, 0.05) is 56.8 Å². The number of carbonyl (C=O) groups is 2. The lowest BCUT2D eigenvalue weighted by atomic mass is 10.1. The van der Waals surface area contributed by atoms with Crippen LogP contribution in [0.15, 0.2) is 54.7 Å². The summed E-state index contributed by atoms with van der Waals surface area (Å²) >= 11 is 5.90. The topological polar surface area (TPSA) is 114 Å². The number of morpholine rings is 1. The van der Waals surface area contributed by atoms with E-state index in [9.17, 15) is 22.8 Å². The number of anilines is 2. The molecule has 3 aromatic rings. The van der Waals surface area contributed by atoms with E-state index < -0.39 is 22.8 Å². The third-order valence-electron chi connectivity index (χ3n) is 5.91. The summed E-state index contributed by atoms with van der Waals surface area (Å²) in [7, 11) is 1.48. The molecule has 0 aliphatic carbocycles. The molecular formula is C27H27ClF3N5O5. The lowest BCUT2D eigenvalue weighted by Crippen LogP contribution is -2.38. The molecule has 2 heterocycles. The van der Waals surface area contributed by atoms with Gasteiger partial charge in [-0.1, -0.05) is 17.7 Å². The molecule has 218 valence electrons. The fourth-order valence-electron chi connectivity index (χ4n) is 3.88. The molecule has 41 heavy (non-hydrogen) atoms. The van der Waals surface area contributed by atoms with E-state index in [4.69, 9.17) is 25.8 Å². The van der Waals surface area contributed by atoms with Crippen LogP contribution < -0.4 is 25.4 Å². The van der Waals surface area contributed by atoms with Crippen molar-refractivity contribution in [3.05, 3.63) is 71.0 Å². The van der Waals surface area contributed by atoms with Gasteiger partial charge >= 0.3 is 12.2 Å². The molecule has 0 bridgehead atoms. The van der Waals surface area contributed by atoms with E-state index >= 15 is 0 Å². The molecule has 3 N–H and O–H groups in total. The minimum Gasteiger partial charge on any atom is -0.490 e. The second kappa shape index (κ2) is 13.5. The largest absolute Gasteiger partial charge is 0.490 e. The Kier molecular flexibility index (Phi) is 9.86. The summed E-state index contributed by atoms with van der Waals surface area (Å²) in [4.78, 5) is 30.7. The minimum absolute atomic E-state index is 0.00639. The summed E-state index contributed by atoms with van der Waals surface area (Å²) in [6.07, 6.45) is -3.33. The molecule has 1 aliphatic heterocycles. The Labute approximate surface area is 238 Å². The van der Waals surface area contributed by atoms with Gasteiger partial charge in [0.05, 0.1) is 29.5 Å². The lowest BCUT2D eigenvalue weighted by Gasteiger charge is -2.26. The van der Waals surface area contributed by atoms with Crippen LogP contribution in [0.25, 0.3) is 0 Å². The molecule has 0 atom stereocenters. The maximum absolute atomic E-state index is 13.5. The van der Waals surface area contributed by atoms with Gasteiger partial charge in [-0.2, -0.15) is 13.2 Å². The molecule has 4 rings (SSSR count). The third kappa shape index (κ3) is 8.46. The maximum atomic E-state index is 13.5. The number of amides is 3. The van der Waals surface area contributed by atoms with E-state index in [1.807, 2.05) is 0 Å². The van der Waals surface area contributed by atoms with E-state index in [1.54, 1.807) is 24.3 Å². The Balaban J connectivity index is 1.46. The van der Waals surface area contributed by atoms with Gasteiger partial charge in [-0.05, 0) is 24.3 Å². The van der Waals surface area contributed by atoms with Crippen molar-refractivity contribution in [1.29, 1.82) is 0 Å². The number of urea groups is 1. The van der Waals surface area contributed by atoms with Crippen LogP contribution in [0.1, 0.15) is 16.1 Å². The zero-order valence-electron chi connectivity index (χ0n) is 21.9. The number of ether oxygens (including phenoxy) is 3. The van der Waals surface area contributed by atoms with Crippen LogP contribution in [0, 0.1) is 0 Å². The highest BCUT2D eigenvalue weighted by atomic mass is 35.5. The molecule has 1 aliphatic rings. The lowest BCUT2D eigenvalue weighted by molar-refractivity contribution is -0.137. The SMILES string of the molecule is CNC(=O)c1cc(Oc2cccc(NC(=O)Nc3cc(C(F)(F)F)c(Cl)cc3OCCN3CCOCC3)c2)ccn1. The standard InChI is InChI=1S/C27H27ClF3N5O5/c1-32-25(37)23-14-19(5-6-33-23)41-18-4-2-3-17(13-18)34-26(38)35-22-15-20(27(29,30)31)21(28)16-24(22)40-12-9-36-7-10-39-11-8-36/h2-6,13-16H,7-12H2,1H3,(H,32,37)(H2,34,35,38). The first-order chi connectivity index (χ1) is 19.6.